The van der Waals surface area contributed by atoms with E-state index in [1.165, 1.54) is 22.3 Å². The summed E-state index contributed by atoms with van der Waals surface area (Å²) in [5, 5.41) is 11.9. The van der Waals surface area contributed by atoms with Crippen LogP contribution in [-0.2, 0) is 6.54 Å². The van der Waals surface area contributed by atoms with Crippen LogP contribution in [0.2, 0.25) is 0 Å². The van der Waals surface area contributed by atoms with Crippen molar-refractivity contribution in [2.24, 2.45) is 0 Å². The van der Waals surface area contributed by atoms with Gasteiger partial charge in [-0.1, -0.05) is 18.2 Å². The second-order valence-corrected chi connectivity index (χ2v) is 5.19. The standard InChI is InChI=1S/C18H20N2O/c1-13-9-15(3)16(10-14(13)2)12-20-17-5-4-6-18(11-17)21-8-7-19/h4-6,9-11,20H,8,12H2,1-3H3. The topological polar surface area (TPSA) is 45.0 Å². The molecule has 0 atom stereocenters. The van der Waals surface area contributed by atoms with Crippen LogP contribution in [0, 0.1) is 32.1 Å². The lowest BCUT2D eigenvalue weighted by atomic mass is 10.0. The van der Waals surface area contributed by atoms with Crippen LogP contribution >= 0.6 is 0 Å². The number of hydrogen-bond donors (Lipinski definition) is 1. The Bertz CT molecular complexity index is 671. The lowest BCUT2D eigenvalue weighted by Crippen LogP contribution is -2.03. The summed E-state index contributed by atoms with van der Waals surface area (Å²) >= 11 is 0. The third kappa shape index (κ3) is 4.00. The van der Waals surface area contributed by atoms with Crippen LogP contribution in [0.3, 0.4) is 0 Å². The first kappa shape index (κ1) is 14.9. The Balaban J connectivity index is 2.06. The van der Waals surface area contributed by atoms with Crippen LogP contribution in [0.1, 0.15) is 22.3 Å². The monoisotopic (exact) mass is 280 g/mol. The number of rotatable bonds is 5. The first-order valence-electron chi connectivity index (χ1n) is 7.00. The molecule has 0 fully saturated rings. The van der Waals surface area contributed by atoms with Gasteiger partial charge in [0.1, 0.15) is 11.8 Å². The Labute approximate surface area is 126 Å². The van der Waals surface area contributed by atoms with Crippen molar-refractivity contribution in [3.05, 3.63) is 58.7 Å². The summed E-state index contributed by atoms with van der Waals surface area (Å²) in [7, 11) is 0. The Morgan fingerprint density at radius 2 is 1.81 bits per heavy atom. The number of hydrogen-bond acceptors (Lipinski definition) is 3. The molecule has 3 heteroatoms. The van der Waals surface area contributed by atoms with Gasteiger partial charge >= 0.3 is 0 Å². The lowest BCUT2D eigenvalue weighted by Gasteiger charge is -2.12. The van der Waals surface area contributed by atoms with Gasteiger partial charge in [0.15, 0.2) is 6.61 Å². The van der Waals surface area contributed by atoms with Gasteiger partial charge in [-0.2, -0.15) is 5.26 Å². The zero-order valence-electron chi connectivity index (χ0n) is 12.7. The second-order valence-electron chi connectivity index (χ2n) is 5.19. The molecule has 0 saturated heterocycles. The predicted molar refractivity (Wildman–Crippen MR) is 85.5 cm³/mol. The van der Waals surface area contributed by atoms with E-state index in [4.69, 9.17) is 10.00 Å². The highest BCUT2D eigenvalue weighted by Gasteiger charge is 2.03. The SMILES string of the molecule is Cc1cc(C)c(CNc2cccc(OCC#N)c2)cc1C. The van der Waals surface area contributed by atoms with Crippen molar-refractivity contribution in [1.82, 2.24) is 0 Å². The third-order valence-electron chi connectivity index (χ3n) is 3.57. The summed E-state index contributed by atoms with van der Waals surface area (Å²) in [6.45, 7) is 7.24. The van der Waals surface area contributed by atoms with Crippen LogP contribution < -0.4 is 10.1 Å². The summed E-state index contributed by atoms with van der Waals surface area (Å²) in [5.41, 5.74) is 6.21. The van der Waals surface area contributed by atoms with E-state index in [2.05, 4.69) is 38.2 Å². The summed E-state index contributed by atoms with van der Waals surface area (Å²) in [6.07, 6.45) is 0. The molecule has 0 aromatic heterocycles. The largest absolute Gasteiger partial charge is 0.479 e. The highest BCUT2D eigenvalue weighted by atomic mass is 16.5. The molecular weight excluding hydrogens is 260 g/mol. The van der Waals surface area contributed by atoms with Crippen molar-refractivity contribution in [2.45, 2.75) is 27.3 Å². The molecule has 0 aliphatic carbocycles. The molecule has 0 aliphatic heterocycles. The fourth-order valence-corrected chi connectivity index (χ4v) is 2.22. The molecule has 0 spiro atoms. The zero-order valence-corrected chi connectivity index (χ0v) is 12.7. The van der Waals surface area contributed by atoms with E-state index in [1.807, 2.05) is 30.3 Å². The van der Waals surface area contributed by atoms with Crippen molar-refractivity contribution in [2.75, 3.05) is 11.9 Å². The molecule has 1 N–H and O–H groups in total. The maximum atomic E-state index is 8.54. The number of anilines is 1. The molecule has 21 heavy (non-hydrogen) atoms. The molecule has 0 unspecified atom stereocenters. The van der Waals surface area contributed by atoms with Crippen molar-refractivity contribution in [1.29, 1.82) is 5.26 Å². The maximum Gasteiger partial charge on any atom is 0.174 e. The Morgan fingerprint density at radius 1 is 1.05 bits per heavy atom. The minimum absolute atomic E-state index is 0.0692. The minimum atomic E-state index is 0.0692. The maximum absolute atomic E-state index is 8.54. The second kappa shape index (κ2) is 6.81. The van der Waals surface area contributed by atoms with Crippen molar-refractivity contribution >= 4 is 5.69 Å². The lowest BCUT2D eigenvalue weighted by molar-refractivity contribution is 0.368. The smallest absolute Gasteiger partial charge is 0.174 e. The quantitative estimate of drug-likeness (QED) is 0.895. The van der Waals surface area contributed by atoms with Crippen molar-refractivity contribution in [3.8, 4) is 11.8 Å². The number of nitriles is 1. The van der Waals surface area contributed by atoms with Crippen LogP contribution in [0.25, 0.3) is 0 Å². The number of benzene rings is 2. The van der Waals surface area contributed by atoms with E-state index in [9.17, 15) is 0 Å². The van der Waals surface area contributed by atoms with Gasteiger partial charge in [0.25, 0.3) is 0 Å². The third-order valence-corrected chi connectivity index (χ3v) is 3.57. The van der Waals surface area contributed by atoms with E-state index in [-0.39, 0.29) is 6.61 Å². The number of aryl methyl sites for hydroxylation is 3. The van der Waals surface area contributed by atoms with Crippen LogP contribution in [0.15, 0.2) is 36.4 Å². The van der Waals surface area contributed by atoms with Gasteiger partial charge in [-0.25, -0.2) is 0 Å². The molecule has 2 rings (SSSR count). The van der Waals surface area contributed by atoms with Crippen molar-refractivity contribution in [3.63, 3.8) is 0 Å². The number of ether oxygens (including phenoxy) is 1. The molecule has 0 heterocycles. The normalized spacial score (nSPS) is 10.0. The van der Waals surface area contributed by atoms with E-state index < -0.39 is 0 Å². The van der Waals surface area contributed by atoms with Crippen molar-refractivity contribution < 1.29 is 4.74 Å². The Kier molecular flexibility index (Phi) is 4.84. The molecule has 0 radical (unpaired) electrons. The van der Waals surface area contributed by atoms with Crippen LogP contribution in [0.5, 0.6) is 5.75 Å². The predicted octanol–water partition coefficient (Wildman–Crippen LogP) is 4.13. The van der Waals surface area contributed by atoms with Gasteiger partial charge in [0.05, 0.1) is 0 Å². The van der Waals surface area contributed by atoms with Gasteiger partial charge in [0, 0.05) is 18.3 Å². The minimum Gasteiger partial charge on any atom is -0.479 e. The molecule has 2 aromatic rings. The molecule has 108 valence electrons. The molecule has 2 aromatic carbocycles. The molecule has 0 bridgehead atoms. The van der Waals surface area contributed by atoms with E-state index in [0.717, 1.165) is 12.2 Å². The molecular formula is C18H20N2O. The Hall–Kier alpha value is -2.47. The van der Waals surface area contributed by atoms with Gasteiger partial charge in [-0.15, -0.1) is 0 Å². The number of nitrogens with one attached hydrogen (secondary N) is 1. The van der Waals surface area contributed by atoms with Gasteiger partial charge in [0.2, 0.25) is 0 Å². The molecule has 3 nitrogen and oxygen atoms in total. The fraction of sp³-hybridized carbons (Fsp3) is 0.278. The Morgan fingerprint density at radius 3 is 2.57 bits per heavy atom. The van der Waals surface area contributed by atoms with Gasteiger partial charge in [-0.3, -0.25) is 0 Å². The van der Waals surface area contributed by atoms with Crippen LogP contribution in [0.4, 0.5) is 5.69 Å². The summed E-state index contributed by atoms with van der Waals surface area (Å²) in [5.74, 6) is 0.707. The summed E-state index contributed by atoms with van der Waals surface area (Å²) < 4.78 is 5.31. The summed E-state index contributed by atoms with van der Waals surface area (Å²) in [4.78, 5) is 0. The molecule has 0 saturated carbocycles. The highest BCUT2D eigenvalue weighted by Crippen LogP contribution is 2.20. The first-order chi connectivity index (χ1) is 10.1. The van der Waals surface area contributed by atoms with Crippen LogP contribution in [-0.4, -0.2) is 6.61 Å². The van der Waals surface area contributed by atoms with Gasteiger partial charge < -0.3 is 10.1 Å². The summed E-state index contributed by atoms with van der Waals surface area (Å²) in [6, 6.07) is 14.1. The van der Waals surface area contributed by atoms with Gasteiger partial charge in [-0.05, 0) is 55.2 Å². The average Bonchev–Trinajstić information content (AvgIpc) is 2.48. The first-order valence-corrected chi connectivity index (χ1v) is 7.00. The molecule has 0 amide bonds. The number of nitrogens with zero attached hydrogens (tertiary/aromatic N) is 1. The average molecular weight is 280 g/mol. The van der Waals surface area contributed by atoms with E-state index in [1.54, 1.807) is 0 Å². The zero-order chi connectivity index (χ0) is 15.2. The van der Waals surface area contributed by atoms with E-state index >= 15 is 0 Å². The fourth-order valence-electron chi connectivity index (χ4n) is 2.22. The molecule has 0 aliphatic rings. The van der Waals surface area contributed by atoms with E-state index in [0.29, 0.717) is 5.75 Å². The highest BCUT2D eigenvalue weighted by molar-refractivity contribution is 5.49.